The molecule has 3 rings (SSSR count). The van der Waals surface area contributed by atoms with E-state index in [1.54, 1.807) is 7.11 Å². The Bertz CT molecular complexity index is 150. The Morgan fingerprint density at radius 3 is 2.42 bits per heavy atom. The molecule has 72 valence electrons. The van der Waals surface area contributed by atoms with Crippen LogP contribution in [0, 0.1) is 5.92 Å². The highest BCUT2D eigenvalue weighted by Crippen LogP contribution is 2.57. The number of nitrogens with one attached hydrogen (secondary N) is 1. The van der Waals surface area contributed by atoms with Gasteiger partial charge in [0, 0.05) is 12.6 Å². The highest BCUT2D eigenvalue weighted by Gasteiger charge is 2.57. The molecule has 0 atom stereocenters. The normalized spacial score (nSPS) is 36.8. The average Bonchev–Trinajstić information content (AvgIpc) is 1.77. The van der Waals surface area contributed by atoms with Crippen molar-refractivity contribution in [2.75, 3.05) is 14.2 Å². The minimum Gasteiger partial charge on any atom is -0.304 e. The second kappa shape index (κ2) is 3.75. The van der Waals surface area contributed by atoms with E-state index in [0.717, 1.165) is 5.92 Å². The first-order valence-electron chi connectivity index (χ1n) is 3.96. The zero-order chi connectivity index (χ0) is 7.90. The molecule has 1 N–H and O–H groups in total. The molecular weight excluding hydrogens is 192 g/mol. The highest BCUT2D eigenvalue weighted by molar-refractivity contribution is 7.92. The first-order valence-corrected chi connectivity index (χ1v) is 4.66. The number of hydrogen-bond acceptors (Lipinski definition) is 4. The van der Waals surface area contributed by atoms with Crippen molar-refractivity contribution in [1.29, 1.82) is 0 Å². The molecule has 0 aromatic rings. The van der Waals surface area contributed by atoms with Crippen molar-refractivity contribution in [3.05, 3.63) is 0 Å². The van der Waals surface area contributed by atoms with E-state index in [-0.39, 0.29) is 13.5 Å². The Morgan fingerprint density at radius 2 is 2.08 bits per heavy atom. The standard InChI is InChI=1S/C7H14N2OS.H2S/c1-9(11-10-2)8-7-3-6(4-7)5-7;/h6,8H,3-5H2,1-2H3;1H2. The van der Waals surface area contributed by atoms with Crippen molar-refractivity contribution >= 4 is 25.7 Å². The molecule has 0 spiro atoms. The smallest absolute Gasteiger partial charge is 0.0968 e. The molecule has 0 aromatic carbocycles. The summed E-state index contributed by atoms with van der Waals surface area (Å²) >= 11 is 1.35. The highest BCUT2D eigenvalue weighted by atomic mass is 32.2. The Labute approximate surface area is 85.0 Å². The van der Waals surface area contributed by atoms with Crippen LogP contribution in [0.5, 0.6) is 0 Å². The number of hydrogen-bond donors (Lipinski definition) is 1. The second-order valence-electron chi connectivity index (χ2n) is 3.61. The third kappa shape index (κ3) is 1.75. The molecule has 0 saturated heterocycles. The molecule has 0 radical (unpaired) electrons. The monoisotopic (exact) mass is 208 g/mol. The van der Waals surface area contributed by atoms with Crippen LogP contribution in [0.15, 0.2) is 0 Å². The minimum absolute atomic E-state index is 0. The molecule has 3 aliphatic rings. The molecular formula is C7H16N2OS2. The van der Waals surface area contributed by atoms with Crippen LogP contribution < -0.4 is 5.43 Å². The van der Waals surface area contributed by atoms with E-state index in [2.05, 4.69) is 5.43 Å². The van der Waals surface area contributed by atoms with E-state index in [1.165, 1.54) is 31.5 Å². The predicted octanol–water partition coefficient (Wildman–Crippen LogP) is 1.30. The van der Waals surface area contributed by atoms with Crippen LogP contribution in [-0.4, -0.2) is 24.1 Å². The van der Waals surface area contributed by atoms with Gasteiger partial charge in [-0.3, -0.25) is 0 Å². The van der Waals surface area contributed by atoms with Gasteiger partial charge in [0.05, 0.1) is 19.3 Å². The average molecular weight is 208 g/mol. The molecule has 3 fully saturated rings. The van der Waals surface area contributed by atoms with E-state index in [1.807, 2.05) is 11.5 Å². The number of rotatable bonds is 4. The largest absolute Gasteiger partial charge is 0.304 e. The van der Waals surface area contributed by atoms with Crippen LogP contribution in [0.1, 0.15) is 19.3 Å². The number of nitrogens with zero attached hydrogens (tertiary/aromatic N) is 1. The van der Waals surface area contributed by atoms with Gasteiger partial charge >= 0.3 is 0 Å². The fraction of sp³-hybridized carbons (Fsp3) is 1.00. The van der Waals surface area contributed by atoms with E-state index in [0.29, 0.717) is 5.54 Å². The van der Waals surface area contributed by atoms with Crippen LogP contribution in [-0.2, 0) is 4.18 Å². The first kappa shape index (κ1) is 10.7. The summed E-state index contributed by atoms with van der Waals surface area (Å²) in [5.74, 6) is 1.03. The maximum absolute atomic E-state index is 4.92. The fourth-order valence-corrected chi connectivity index (χ4v) is 2.53. The molecule has 0 heterocycles. The molecule has 5 heteroatoms. The van der Waals surface area contributed by atoms with Crippen molar-refractivity contribution < 1.29 is 4.18 Å². The summed E-state index contributed by atoms with van der Waals surface area (Å²) in [6.45, 7) is 0. The summed E-state index contributed by atoms with van der Waals surface area (Å²) in [4.78, 5) is 0. The van der Waals surface area contributed by atoms with Crippen LogP contribution in [0.4, 0.5) is 0 Å². The van der Waals surface area contributed by atoms with Crippen molar-refractivity contribution in [3.8, 4) is 0 Å². The van der Waals surface area contributed by atoms with E-state index < -0.39 is 0 Å². The fourth-order valence-electron chi connectivity index (χ4n) is 2.08. The Hall–Kier alpha value is 0.580. The first-order chi connectivity index (χ1) is 5.24. The SMILES string of the molecule is COSN(C)NC12CC(C1)C2.S. The van der Waals surface area contributed by atoms with Gasteiger partial charge < -0.3 is 4.18 Å². The lowest BCUT2D eigenvalue weighted by Crippen LogP contribution is -2.69. The van der Waals surface area contributed by atoms with E-state index >= 15 is 0 Å². The van der Waals surface area contributed by atoms with Gasteiger partial charge in [-0.1, -0.05) is 0 Å². The maximum Gasteiger partial charge on any atom is 0.0968 e. The summed E-state index contributed by atoms with van der Waals surface area (Å²) < 4.78 is 6.87. The van der Waals surface area contributed by atoms with Crippen molar-refractivity contribution in [1.82, 2.24) is 9.84 Å². The van der Waals surface area contributed by atoms with Gasteiger partial charge in [-0.25, -0.2) is 5.43 Å². The lowest BCUT2D eigenvalue weighted by Gasteiger charge is -2.62. The van der Waals surface area contributed by atoms with Gasteiger partial charge in [-0.05, 0) is 25.2 Å². The molecule has 0 aromatic heterocycles. The van der Waals surface area contributed by atoms with Crippen molar-refractivity contribution in [2.45, 2.75) is 24.8 Å². The molecule has 0 aliphatic heterocycles. The van der Waals surface area contributed by atoms with Gasteiger partial charge in [0.25, 0.3) is 0 Å². The predicted molar refractivity (Wildman–Crippen MR) is 56.0 cm³/mol. The van der Waals surface area contributed by atoms with Gasteiger partial charge in [-0.2, -0.15) is 17.9 Å². The molecule has 2 bridgehead atoms. The molecule has 3 aliphatic carbocycles. The summed E-state index contributed by atoms with van der Waals surface area (Å²) in [5.41, 5.74) is 3.89. The zero-order valence-corrected chi connectivity index (χ0v) is 9.28. The molecule has 0 amide bonds. The van der Waals surface area contributed by atoms with Gasteiger partial charge in [0.2, 0.25) is 0 Å². The quantitative estimate of drug-likeness (QED) is 0.427. The maximum atomic E-state index is 4.92. The second-order valence-corrected chi connectivity index (χ2v) is 4.64. The third-order valence-electron chi connectivity index (χ3n) is 2.62. The number of hydrazine groups is 1. The molecule has 3 saturated carbocycles. The third-order valence-corrected chi connectivity index (χ3v) is 3.08. The van der Waals surface area contributed by atoms with Crippen LogP contribution in [0.25, 0.3) is 0 Å². The van der Waals surface area contributed by atoms with Crippen LogP contribution in [0.2, 0.25) is 0 Å². The summed E-state index contributed by atoms with van der Waals surface area (Å²) in [6, 6.07) is 0. The van der Waals surface area contributed by atoms with E-state index in [4.69, 9.17) is 4.18 Å². The summed E-state index contributed by atoms with van der Waals surface area (Å²) in [6.07, 6.45) is 4.09. The molecule has 3 nitrogen and oxygen atoms in total. The van der Waals surface area contributed by atoms with Crippen LogP contribution in [0.3, 0.4) is 0 Å². The van der Waals surface area contributed by atoms with Crippen molar-refractivity contribution in [3.63, 3.8) is 0 Å². The zero-order valence-electron chi connectivity index (χ0n) is 7.46. The minimum atomic E-state index is 0. The molecule has 12 heavy (non-hydrogen) atoms. The Morgan fingerprint density at radius 1 is 1.50 bits per heavy atom. The van der Waals surface area contributed by atoms with Crippen molar-refractivity contribution in [2.24, 2.45) is 5.92 Å². The lowest BCUT2D eigenvalue weighted by atomic mass is 9.50. The summed E-state index contributed by atoms with van der Waals surface area (Å²) in [5, 5.41) is 0. The van der Waals surface area contributed by atoms with Gasteiger partial charge in [0.1, 0.15) is 0 Å². The Balaban J connectivity index is 0.000000720. The molecule has 0 unspecified atom stereocenters. The van der Waals surface area contributed by atoms with Crippen LogP contribution >= 0.6 is 25.7 Å². The van der Waals surface area contributed by atoms with Gasteiger partial charge in [0.15, 0.2) is 0 Å². The summed E-state index contributed by atoms with van der Waals surface area (Å²) in [7, 11) is 3.68. The lowest BCUT2D eigenvalue weighted by molar-refractivity contribution is -0.0773. The van der Waals surface area contributed by atoms with Gasteiger partial charge in [-0.15, -0.1) is 0 Å². The topological polar surface area (TPSA) is 24.5 Å². The Kier molecular flexibility index (Phi) is 3.34. The van der Waals surface area contributed by atoms with E-state index in [9.17, 15) is 0 Å².